The van der Waals surface area contributed by atoms with Crippen molar-refractivity contribution in [3.05, 3.63) is 41.6 Å². The van der Waals surface area contributed by atoms with Crippen LogP contribution in [0.5, 0.6) is 0 Å². The molecule has 166 valence electrons. The van der Waals surface area contributed by atoms with Crippen molar-refractivity contribution in [3.8, 4) is 0 Å². The Bertz CT molecular complexity index is 906. The van der Waals surface area contributed by atoms with Crippen molar-refractivity contribution in [1.82, 2.24) is 14.8 Å². The summed E-state index contributed by atoms with van der Waals surface area (Å²) in [5.74, 6) is 0.883. The molecular formula is C25H33N3O3. The fraction of sp³-hybridized carbons (Fsp3) is 0.600. The Kier molecular flexibility index (Phi) is 6.48. The predicted molar refractivity (Wildman–Crippen MR) is 120 cm³/mol. The van der Waals surface area contributed by atoms with Gasteiger partial charge in [0.1, 0.15) is 6.10 Å². The Morgan fingerprint density at radius 3 is 2.68 bits per heavy atom. The number of hydrogen-bond donors (Lipinski definition) is 0. The first-order chi connectivity index (χ1) is 15.3. The number of ether oxygens (including phenoxy) is 2. The molecule has 6 nitrogen and oxygen atoms in total. The number of pyridine rings is 1. The molecule has 1 amide bonds. The molecule has 0 bridgehead atoms. The summed E-state index contributed by atoms with van der Waals surface area (Å²) in [7, 11) is 0. The number of carbonyl (C=O) groups is 1. The maximum absolute atomic E-state index is 13.4. The number of rotatable bonds is 4. The van der Waals surface area contributed by atoms with Gasteiger partial charge in [-0.15, -0.1) is 0 Å². The van der Waals surface area contributed by atoms with E-state index in [1.54, 1.807) is 0 Å². The molecule has 31 heavy (non-hydrogen) atoms. The molecule has 1 aromatic carbocycles. The number of aromatic nitrogens is 1. The molecule has 1 aromatic heterocycles. The zero-order valence-corrected chi connectivity index (χ0v) is 18.3. The zero-order valence-electron chi connectivity index (χ0n) is 18.3. The molecule has 3 fully saturated rings. The van der Waals surface area contributed by atoms with Gasteiger partial charge in [-0.05, 0) is 30.9 Å². The molecule has 3 heterocycles. The van der Waals surface area contributed by atoms with Crippen LogP contribution in [0.1, 0.15) is 54.3 Å². The van der Waals surface area contributed by atoms with Crippen molar-refractivity contribution < 1.29 is 14.3 Å². The number of morpholine rings is 2. The van der Waals surface area contributed by atoms with Crippen molar-refractivity contribution >= 4 is 16.8 Å². The highest BCUT2D eigenvalue weighted by atomic mass is 16.5. The minimum atomic E-state index is -0.0850. The molecule has 0 spiro atoms. The van der Waals surface area contributed by atoms with Gasteiger partial charge in [0.15, 0.2) is 0 Å². The first-order valence-electron chi connectivity index (χ1n) is 11.9. The third kappa shape index (κ3) is 4.76. The normalized spacial score (nSPS) is 23.9. The van der Waals surface area contributed by atoms with Crippen molar-refractivity contribution in [2.45, 2.75) is 38.2 Å². The average molecular weight is 424 g/mol. The predicted octanol–water partition coefficient (Wildman–Crippen LogP) is 3.66. The van der Waals surface area contributed by atoms with Crippen molar-refractivity contribution in [1.29, 1.82) is 0 Å². The molecule has 1 atom stereocenters. The van der Waals surface area contributed by atoms with Gasteiger partial charge in [0.2, 0.25) is 0 Å². The Balaban J connectivity index is 1.39. The average Bonchev–Trinajstić information content (AvgIpc) is 2.84. The van der Waals surface area contributed by atoms with Crippen molar-refractivity contribution in [3.63, 3.8) is 0 Å². The minimum absolute atomic E-state index is 0.0676. The summed E-state index contributed by atoms with van der Waals surface area (Å²) in [5.41, 5.74) is 2.48. The molecule has 2 aromatic rings. The Morgan fingerprint density at radius 1 is 1.03 bits per heavy atom. The van der Waals surface area contributed by atoms with Gasteiger partial charge in [-0.1, -0.05) is 37.5 Å². The van der Waals surface area contributed by atoms with E-state index in [-0.39, 0.29) is 12.0 Å². The lowest BCUT2D eigenvalue weighted by atomic mass is 9.89. The van der Waals surface area contributed by atoms with Crippen LogP contribution < -0.4 is 0 Å². The monoisotopic (exact) mass is 423 g/mol. The van der Waals surface area contributed by atoms with Crippen molar-refractivity contribution in [2.75, 3.05) is 52.5 Å². The molecule has 0 N–H and O–H groups in total. The Labute approximate surface area is 184 Å². The van der Waals surface area contributed by atoms with Crippen LogP contribution in [0, 0.1) is 5.92 Å². The molecule has 0 radical (unpaired) electrons. The van der Waals surface area contributed by atoms with E-state index >= 15 is 0 Å². The third-order valence-electron chi connectivity index (χ3n) is 6.99. The van der Waals surface area contributed by atoms with Gasteiger partial charge in [0.05, 0.1) is 36.6 Å². The van der Waals surface area contributed by atoms with Crippen LogP contribution in [0.25, 0.3) is 10.9 Å². The quantitative estimate of drug-likeness (QED) is 0.751. The van der Waals surface area contributed by atoms with Crippen LogP contribution in [0.15, 0.2) is 30.3 Å². The number of benzene rings is 1. The first-order valence-corrected chi connectivity index (χ1v) is 11.9. The fourth-order valence-corrected chi connectivity index (χ4v) is 5.26. The summed E-state index contributed by atoms with van der Waals surface area (Å²) >= 11 is 0. The number of hydrogen-bond acceptors (Lipinski definition) is 5. The maximum atomic E-state index is 13.4. The lowest BCUT2D eigenvalue weighted by molar-refractivity contribution is -0.0378. The molecule has 1 saturated carbocycles. The standard InChI is InChI=1S/C25H33N3O3/c29-25(28-11-13-30-14-12-28)21-16-23(26-22-9-5-4-8-20(21)22)24-18-27(10-15-31-24)17-19-6-2-1-3-7-19/h4-5,8-9,16,19,24H,1-3,6-7,10-15,17-18H2/t24-/m1/s1. The van der Waals surface area contributed by atoms with Crippen LogP contribution in [-0.2, 0) is 9.47 Å². The number of carbonyl (C=O) groups excluding carboxylic acids is 1. The Morgan fingerprint density at radius 2 is 1.84 bits per heavy atom. The van der Waals surface area contributed by atoms with E-state index in [2.05, 4.69) is 4.90 Å². The van der Waals surface area contributed by atoms with Crippen LogP contribution in [-0.4, -0.2) is 73.2 Å². The van der Waals surface area contributed by atoms with E-state index < -0.39 is 0 Å². The number of para-hydroxylation sites is 1. The largest absolute Gasteiger partial charge is 0.378 e. The summed E-state index contributed by atoms with van der Waals surface area (Å²) in [6.07, 6.45) is 6.76. The highest BCUT2D eigenvalue weighted by Crippen LogP contribution is 2.29. The van der Waals surface area contributed by atoms with E-state index in [1.165, 1.54) is 32.1 Å². The van der Waals surface area contributed by atoms with E-state index in [0.717, 1.165) is 54.3 Å². The summed E-state index contributed by atoms with van der Waals surface area (Å²) in [5, 5.41) is 0.914. The topological polar surface area (TPSA) is 54.9 Å². The fourth-order valence-electron chi connectivity index (χ4n) is 5.26. The van der Waals surface area contributed by atoms with Gasteiger partial charge in [0, 0.05) is 38.1 Å². The summed E-state index contributed by atoms with van der Waals surface area (Å²) in [6, 6.07) is 9.94. The first kappa shape index (κ1) is 20.9. The van der Waals surface area contributed by atoms with Gasteiger partial charge in [-0.2, -0.15) is 0 Å². The lowest BCUT2D eigenvalue weighted by Crippen LogP contribution is -2.42. The number of nitrogens with zero attached hydrogens (tertiary/aromatic N) is 3. The second kappa shape index (κ2) is 9.63. The second-order valence-electron chi connectivity index (χ2n) is 9.14. The molecule has 3 aliphatic rings. The van der Waals surface area contributed by atoms with Gasteiger partial charge in [0.25, 0.3) is 5.91 Å². The molecule has 2 saturated heterocycles. The van der Waals surface area contributed by atoms with Crippen LogP contribution >= 0.6 is 0 Å². The maximum Gasteiger partial charge on any atom is 0.254 e. The minimum Gasteiger partial charge on any atom is -0.378 e. The summed E-state index contributed by atoms with van der Waals surface area (Å²) < 4.78 is 11.6. The van der Waals surface area contributed by atoms with E-state index in [1.807, 2.05) is 35.2 Å². The van der Waals surface area contributed by atoms with Gasteiger partial charge in [-0.3, -0.25) is 9.69 Å². The van der Waals surface area contributed by atoms with Gasteiger partial charge >= 0.3 is 0 Å². The molecule has 0 unspecified atom stereocenters. The lowest BCUT2D eigenvalue weighted by Gasteiger charge is -2.36. The van der Waals surface area contributed by atoms with Crippen LogP contribution in [0.3, 0.4) is 0 Å². The van der Waals surface area contributed by atoms with Crippen LogP contribution in [0.4, 0.5) is 0 Å². The van der Waals surface area contributed by atoms with E-state index in [9.17, 15) is 4.79 Å². The summed E-state index contributed by atoms with van der Waals surface area (Å²) in [4.78, 5) is 22.7. The number of amides is 1. The molecule has 1 aliphatic carbocycles. The Hall–Kier alpha value is -2.02. The molecule has 6 heteroatoms. The zero-order chi connectivity index (χ0) is 21.0. The molecule has 5 rings (SSSR count). The SMILES string of the molecule is O=C(c1cc([C@H]2CN(CC3CCCCC3)CCO2)nc2ccccc12)N1CCOCC1. The van der Waals surface area contributed by atoms with Crippen LogP contribution in [0.2, 0.25) is 0 Å². The van der Waals surface area contributed by atoms with Crippen molar-refractivity contribution in [2.24, 2.45) is 5.92 Å². The van der Waals surface area contributed by atoms with Gasteiger partial charge < -0.3 is 14.4 Å². The highest BCUT2D eigenvalue weighted by Gasteiger charge is 2.28. The summed E-state index contributed by atoms with van der Waals surface area (Å²) in [6.45, 7) is 6.20. The van der Waals surface area contributed by atoms with E-state index in [0.29, 0.717) is 26.3 Å². The van der Waals surface area contributed by atoms with E-state index in [4.69, 9.17) is 14.5 Å². The highest BCUT2D eigenvalue weighted by molar-refractivity contribution is 6.06. The second-order valence-corrected chi connectivity index (χ2v) is 9.14. The van der Waals surface area contributed by atoms with Gasteiger partial charge in [-0.25, -0.2) is 4.98 Å². The molecule has 2 aliphatic heterocycles. The number of fused-ring (bicyclic) bond motifs is 1. The third-order valence-corrected chi connectivity index (χ3v) is 6.99. The smallest absolute Gasteiger partial charge is 0.254 e. The molecular weight excluding hydrogens is 390 g/mol.